The normalized spacial score (nSPS) is 10.7. The summed E-state index contributed by atoms with van der Waals surface area (Å²) < 4.78 is 8.77. The standard InChI is InChI=1S/C24H23ClN6O3/c25-19-11-20(13-27-12-19)34-10-8-28-24(33)21-16-31(29-23(21)26)15-18-6-4-17(5-7-18)14-30-9-2-1-3-22(30)32/h1-7,9,11-13,16H,8,10,14-15H2,(H2,26,29)(H,28,33). The molecule has 0 aliphatic rings. The molecular weight excluding hydrogens is 456 g/mol. The molecule has 0 saturated heterocycles. The smallest absolute Gasteiger partial charge is 0.256 e. The molecule has 0 spiro atoms. The largest absolute Gasteiger partial charge is 0.490 e. The first-order chi connectivity index (χ1) is 16.5. The second-order valence-corrected chi connectivity index (χ2v) is 7.99. The van der Waals surface area contributed by atoms with Gasteiger partial charge in [0.1, 0.15) is 17.9 Å². The van der Waals surface area contributed by atoms with Crippen molar-refractivity contribution in [3.63, 3.8) is 0 Å². The topological polar surface area (TPSA) is 117 Å². The first-order valence-electron chi connectivity index (χ1n) is 10.6. The number of halogens is 1. The third-order valence-electron chi connectivity index (χ3n) is 4.99. The number of rotatable bonds is 9. The first-order valence-corrected chi connectivity index (χ1v) is 10.9. The third kappa shape index (κ3) is 6.02. The third-order valence-corrected chi connectivity index (χ3v) is 5.20. The second kappa shape index (κ2) is 10.7. The molecule has 174 valence electrons. The summed E-state index contributed by atoms with van der Waals surface area (Å²) in [6.07, 6.45) is 6.43. The lowest BCUT2D eigenvalue weighted by atomic mass is 10.1. The highest BCUT2D eigenvalue weighted by molar-refractivity contribution is 6.30. The predicted molar refractivity (Wildman–Crippen MR) is 129 cm³/mol. The molecule has 0 radical (unpaired) electrons. The number of anilines is 1. The summed E-state index contributed by atoms with van der Waals surface area (Å²) in [6.45, 7) is 1.48. The second-order valence-electron chi connectivity index (χ2n) is 7.55. The fourth-order valence-corrected chi connectivity index (χ4v) is 3.48. The molecule has 10 heteroatoms. The first kappa shape index (κ1) is 23.1. The van der Waals surface area contributed by atoms with Gasteiger partial charge >= 0.3 is 0 Å². The minimum absolute atomic E-state index is 0.0440. The summed E-state index contributed by atoms with van der Waals surface area (Å²) in [7, 11) is 0. The molecule has 4 aromatic rings. The number of carbonyl (C=O) groups is 1. The van der Waals surface area contributed by atoms with Crippen molar-refractivity contribution in [2.45, 2.75) is 13.1 Å². The van der Waals surface area contributed by atoms with Crippen LogP contribution >= 0.6 is 11.6 Å². The van der Waals surface area contributed by atoms with Crippen LogP contribution in [-0.2, 0) is 13.1 Å². The van der Waals surface area contributed by atoms with Crippen LogP contribution in [-0.4, -0.2) is 38.4 Å². The molecule has 1 amide bonds. The molecule has 0 saturated carbocycles. The maximum Gasteiger partial charge on any atom is 0.256 e. The Bertz CT molecular complexity index is 1330. The van der Waals surface area contributed by atoms with Gasteiger partial charge < -0.3 is 20.4 Å². The zero-order valence-electron chi connectivity index (χ0n) is 18.2. The van der Waals surface area contributed by atoms with E-state index in [4.69, 9.17) is 22.1 Å². The molecule has 0 aliphatic carbocycles. The van der Waals surface area contributed by atoms with Crippen molar-refractivity contribution < 1.29 is 9.53 Å². The van der Waals surface area contributed by atoms with E-state index in [1.165, 1.54) is 12.3 Å². The summed E-state index contributed by atoms with van der Waals surface area (Å²) in [4.78, 5) is 28.3. The lowest BCUT2D eigenvalue weighted by Gasteiger charge is -2.07. The number of benzene rings is 1. The van der Waals surface area contributed by atoms with Crippen LogP contribution in [0.3, 0.4) is 0 Å². The van der Waals surface area contributed by atoms with Gasteiger partial charge in [-0.05, 0) is 17.2 Å². The number of nitrogens with one attached hydrogen (secondary N) is 1. The maximum atomic E-state index is 12.5. The van der Waals surface area contributed by atoms with E-state index in [9.17, 15) is 9.59 Å². The van der Waals surface area contributed by atoms with Crippen molar-refractivity contribution in [2.75, 3.05) is 18.9 Å². The summed E-state index contributed by atoms with van der Waals surface area (Å²) in [5.74, 6) is 0.341. The summed E-state index contributed by atoms with van der Waals surface area (Å²) in [6, 6.07) is 14.6. The number of hydrogen-bond donors (Lipinski definition) is 2. The van der Waals surface area contributed by atoms with Gasteiger partial charge in [-0.2, -0.15) is 5.10 Å². The van der Waals surface area contributed by atoms with Crippen LogP contribution in [0.4, 0.5) is 5.82 Å². The fourth-order valence-electron chi connectivity index (χ4n) is 3.32. The van der Waals surface area contributed by atoms with Gasteiger partial charge in [0.2, 0.25) is 0 Å². The number of amides is 1. The Morgan fingerprint density at radius 3 is 2.59 bits per heavy atom. The van der Waals surface area contributed by atoms with Gasteiger partial charge in [0, 0.05) is 30.7 Å². The number of nitrogen functional groups attached to an aromatic ring is 1. The van der Waals surface area contributed by atoms with Crippen LogP contribution in [0.15, 0.2) is 78.1 Å². The number of nitrogens with zero attached hydrogens (tertiary/aromatic N) is 4. The number of carbonyl (C=O) groups excluding carboxylic acids is 1. The van der Waals surface area contributed by atoms with E-state index in [0.717, 1.165) is 11.1 Å². The summed E-state index contributed by atoms with van der Waals surface area (Å²) >= 11 is 5.86. The molecule has 4 rings (SSSR count). The predicted octanol–water partition coefficient (Wildman–Crippen LogP) is 2.58. The Hall–Kier alpha value is -4.11. The molecule has 1 aromatic carbocycles. The highest BCUT2D eigenvalue weighted by Gasteiger charge is 2.14. The van der Waals surface area contributed by atoms with Gasteiger partial charge in [-0.3, -0.25) is 19.3 Å². The molecule has 3 heterocycles. The molecule has 3 N–H and O–H groups in total. The van der Waals surface area contributed by atoms with Crippen LogP contribution in [0.1, 0.15) is 21.5 Å². The van der Waals surface area contributed by atoms with Gasteiger partial charge in [-0.15, -0.1) is 0 Å². The van der Waals surface area contributed by atoms with E-state index in [1.807, 2.05) is 30.3 Å². The molecule has 3 aromatic heterocycles. The molecule has 0 aliphatic heterocycles. The number of ether oxygens (including phenoxy) is 1. The maximum absolute atomic E-state index is 12.5. The molecule has 0 bridgehead atoms. The van der Waals surface area contributed by atoms with E-state index in [-0.39, 0.29) is 30.4 Å². The lowest BCUT2D eigenvalue weighted by Crippen LogP contribution is -2.28. The van der Waals surface area contributed by atoms with Crippen LogP contribution in [0.2, 0.25) is 5.02 Å². The Morgan fingerprint density at radius 1 is 1.09 bits per heavy atom. The molecule has 0 fully saturated rings. The Balaban J connectivity index is 1.30. The zero-order chi connectivity index (χ0) is 23.9. The van der Waals surface area contributed by atoms with Gasteiger partial charge in [0.15, 0.2) is 5.82 Å². The Labute approximate surface area is 200 Å². The van der Waals surface area contributed by atoms with Gasteiger partial charge in [-0.1, -0.05) is 41.9 Å². The summed E-state index contributed by atoms with van der Waals surface area (Å²) in [5, 5.41) is 7.48. The van der Waals surface area contributed by atoms with Crippen LogP contribution < -0.4 is 21.3 Å². The van der Waals surface area contributed by atoms with Crippen molar-refractivity contribution in [1.82, 2.24) is 24.6 Å². The van der Waals surface area contributed by atoms with E-state index in [1.54, 1.807) is 40.0 Å². The van der Waals surface area contributed by atoms with Crippen LogP contribution in [0.5, 0.6) is 5.75 Å². The monoisotopic (exact) mass is 478 g/mol. The highest BCUT2D eigenvalue weighted by Crippen LogP contribution is 2.15. The number of aromatic nitrogens is 4. The molecular formula is C24H23ClN6O3. The quantitative estimate of drug-likeness (QED) is 0.357. The zero-order valence-corrected chi connectivity index (χ0v) is 19.0. The number of pyridine rings is 2. The van der Waals surface area contributed by atoms with Crippen LogP contribution in [0, 0.1) is 0 Å². The molecule has 0 unspecified atom stereocenters. The minimum atomic E-state index is -0.333. The Morgan fingerprint density at radius 2 is 1.85 bits per heavy atom. The van der Waals surface area contributed by atoms with Gasteiger partial charge in [0.25, 0.3) is 11.5 Å². The van der Waals surface area contributed by atoms with Crippen molar-refractivity contribution in [3.05, 3.63) is 105 Å². The molecule has 9 nitrogen and oxygen atoms in total. The SMILES string of the molecule is Nc1nn(Cc2ccc(Cn3ccccc3=O)cc2)cc1C(=O)NCCOc1cncc(Cl)c1. The average molecular weight is 479 g/mol. The van der Waals surface area contributed by atoms with Gasteiger partial charge in [0.05, 0.1) is 30.9 Å². The van der Waals surface area contributed by atoms with E-state index >= 15 is 0 Å². The van der Waals surface area contributed by atoms with E-state index in [2.05, 4.69) is 15.4 Å². The van der Waals surface area contributed by atoms with Crippen molar-refractivity contribution in [3.8, 4) is 5.75 Å². The van der Waals surface area contributed by atoms with Crippen LogP contribution in [0.25, 0.3) is 0 Å². The molecule has 0 atom stereocenters. The lowest BCUT2D eigenvalue weighted by molar-refractivity contribution is 0.0947. The van der Waals surface area contributed by atoms with E-state index < -0.39 is 0 Å². The highest BCUT2D eigenvalue weighted by atomic mass is 35.5. The minimum Gasteiger partial charge on any atom is -0.490 e. The van der Waals surface area contributed by atoms with Crippen molar-refractivity contribution >= 4 is 23.3 Å². The summed E-state index contributed by atoms with van der Waals surface area (Å²) in [5.41, 5.74) is 8.20. The van der Waals surface area contributed by atoms with Crippen molar-refractivity contribution in [2.24, 2.45) is 0 Å². The number of nitrogens with two attached hydrogens (primary N) is 1. The Kier molecular flexibility index (Phi) is 7.24. The fraction of sp³-hybridized carbons (Fsp3) is 0.167. The van der Waals surface area contributed by atoms with Gasteiger partial charge in [-0.25, -0.2) is 0 Å². The van der Waals surface area contributed by atoms with E-state index in [0.29, 0.717) is 29.4 Å². The van der Waals surface area contributed by atoms with Crippen molar-refractivity contribution in [1.29, 1.82) is 0 Å². The average Bonchev–Trinajstić information content (AvgIpc) is 3.19. The molecule has 34 heavy (non-hydrogen) atoms. The number of hydrogen-bond acceptors (Lipinski definition) is 6.